The zero-order valence-corrected chi connectivity index (χ0v) is 16.6. The van der Waals surface area contributed by atoms with Crippen LogP contribution in [0.2, 0.25) is 0 Å². The second-order valence-corrected chi connectivity index (χ2v) is 7.84. The van der Waals surface area contributed by atoms with Crippen LogP contribution in [0.1, 0.15) is 17.4 Å². The topological polar surface area (TPSA) is 80.3 Å². The summed E-state index contributed by atoms with van der Waals surface area (Å²) in [7, 11) is 0. The van der Waals surface area contributed by atoms with Crippen molar-refractivity contribution in [3.8, 4) is 16.3 Å². The maximum absolute atomic E-state index is 12.1. The summed E-state index contributed by atoms with van der Waals surface area (Å²) in [5, 5.41) is 7.95. The summed E-state index contributed by atoms with van der Waals surface area (Å²) in [6, 6.07) is 11.5. The first-order chi connectivity index (χ1) is 13.0. The van der Waals surface area contributed by atoms with Crippen molar-refractivity contribution in [3.05, 3.63) is 52.2 Å². The first-order valence-electron chi connectivity index (χ1n) is 8.28. The molecular weight excluding hydrogens is 382 g/mol. The largest absolute Gasteiger partial charge is 0.483 e. The second kappa shape index (κ2) is 8.79. The van der Waals surface area contributed by atoms with Crippen LogP contribution in [-0.4, -0.2) is 23.4 Å². The Kier molecular flexibility index (Phi) is 6.20. The predicted molar refractivity (Wildman–Crippen MR) is 108 cm³/mol. The highest BCUT2D eigenvalue weighted by Gasteiger charge is 2.11. The smallest absolute Gasteiger partial charge is 0.264 e. The van der Waals surface area contributed by atoms with Crippen molar-refractivity contribution in [2.24, 2.45) is 0 Å². The monoisotopic (exact) mass is 401 g/mol. The third kappa shape index (κ3) is 5.38. The van der Waals surface area contributed by atoms with E-state index in [2.05, 4.69) is 15.6 Å². The van der Waals surface area contributed by atoms with Crippen molar-refractivity contribution in [1.82, 2.24) is 10.3 Å². The number of ether oxygens (including phenoxy) is 1. The van der Waals surface area contributed by atoms with E-state index in [0.717, 1.165) is 21.0 Å². The summed E-state index contributed by atoms with van der Waals surface area (Å²) >= 11 is 2.92. The van der Waals surface area contributed by atoms with E-state index in [0.29, 0.717) is 17.4 Å². The van der Waals surface area contributed by atoms with Crippen LogP contribution in [0.15, 0.2) is 41.8 Å². The molecule has 3 aromatic rings. The average Bonchev–Trinajstić information content (AvgIpc) is 3.28. The zero-order chi connectivity index (χ0) is 19.2. The van der Waals surface area contributed by atoms with Gasteiger partial charge >= 0.3 is 0 Å². The lowest BCUT2D eigenvalue weighted by Gasteiger charge is -2.07. The first-order valence-corrected chi connectivity index (χ1v) is 9.98. The highest BCUT2D eigenvalue weighted by Crippen LogP contribution is 2.30. The molecule has 0 spiro atoms. The minimum Gasteiger partial charge on any atom is -0.483 e. The van der Waals surface area contributed by atoms with E-state index in [1.165, 1.54) is 18.3 Å². The van der Waals surface area contributed by atoms with Gasteiger partial charge in [0.2, 0.25) is 5.91 Å². The summed E-state index contributed by atoms with van der Waals surface area (Å²) in [6.07, 6.45) is 0. The zero-order valence-electron chi connectivity index (χ0n) is 14.9. The van der Waals surface area contributed by atoms with Crippen LogP contribution in [0.25, 0.3) is 10.6 Å². The Bertz CT molecular complexity index is 949. The molecule has 140 valence electrons. The molecule has 8 heteroatoms. The summed E-state index contributed by atoms with van der Waals surface area (Å²) < 4.78 is 5.54. The van der Waals surface area contributed by atoms with E-state index in [9.17, 15) is 9.59 Å². The van der Waals surface area contributed by atoms with E-state index in [-0.39, 0.29) is 18.4 Å². The van der Waals surface area contributed by atoms with Crippen LogP contribution < -0.4 is 15.4 Å². The molecule has 0 aliphatic heterocycles. The van der Waals surface area contributed by atoms with E-state index >= 15 is 0 Å². The molecule has 1 aromatic carbocycles. The van der Waals surface area contributed by atoms with Crippen molar-refractivity contribution >= 4 is 39.6 Å². The molecule has 0 fully saturated rings. The second-order valence-electron chi connectivity index (χ2n) is 5.82. The first kappa shape index (κ1) is 19.1. The molecule has 2 heterocycles. The normalized spacial score (nSPS) is 10.4. The van der Waals surface area contributed by atoms with Crippen molar-refractivity contribution < 1.29 is 14.3 Å². The molecule has 27 heavy (non-hydrogen) atoms. The Morgan fingerprint density at radius 1 is 1.19 bits per heavy atom. The van der Waals surface area contributed by atoms with Crippen LogP contribution in [0, 0.1) is 6.92 Å². The van der Waals surface area contributed by atoms with Gasteiger partial charge in [-0.3, -0.25) is 14.9 Å². The SMILES string of the molecule is CC(=O)NCc1ccc(-c2csc(NC(=O)COc3ccccc3C)n2)s1. The molecule has 0 bridgehead atoms. The van der Waals surface area contributed by atoms with Crippen LogP contribution >= 0.6 is 22.7 Å². The fourth-order valence-electron chi connectivity index (χ4n) is 2.28. The Hall–Kier alpha value is -2.71. The lowest BCUT2D eigenvalue weighted by molar-refractivity contribution is -0.119. The Morgan fingerprint density at radius 3 is 2.78 bits per heavy atom. The van der Waals surface area contributed by atoms with Gasteiger partial charge < -0.3 is 10.1 Å². The quantitative estimate of drug-likeness (QED) is 0.630. The molecule has 6 nitrogen and oxygen atoms in total. The molecule has 0 saturated carbocycles. The Labute approximate surface area is 165 Å². The van der Waals surface area contributed by atoms with E-state index in [1.54, 1.807) is 11.3 Å². The highest BCUT2D eigenvalue weighted by atomic mass is 32.1. The van der Waals surface area contributed by atoms with Gasteiger partial charge in [0.15, 0.2) is 11.7 Å². The molecule has 0 aliphatic carbocycles. The minimum atomic E-state index is -0.253. The van der Waals surface area contributed by atoms with Crippen LogP contribution in [0.5, 0.6) is 5.75 Å². The number of anilines is 1. The number of amides is 2. The fourth-order valence-corrected chi connectivity index (χ4v) is 3.99. The number of carbonyl (C=O) groups excluding carboxylic acids is 2. The maximum Gasteiger partial charge on any atom is 0.264 e. The van der Waals surface area contributed by atoms with E-state index in [4.69, 9.17) is 4.74 Å². The van der Waals surface area contributed by atoms with Gasteiger partial charge in [-0.1, -0.05) is 18.2 Å². The van der Waals surface area contributed by atoms with Crippen molar-refractivity contribution in [2.75, 3.05) is 11.9 Å². The molecule has 2 amide bonds. The van der Waals surface area contributed by atoms with Crippen LogP contribution in [0.3, 0.4) is 0 Å². The van der Waals surface area contributed by atoms with Gasteiger partial charge in [0, 0.05) is 17.2 Å². The number of thiazole rings is 1. The molecule has 2 aromatic heterocycles. The van der Waals surface area contributed by atoms with Gasteiger partial charge in [-0.15, -0.1) is 22.7 Å². The molecule has 0 aliphatic rings. The summed E-state index contributed by atoms with van der Waals surface area (Å²) in [4.78, 5) is 29.6. The number of thiophene rings is 1. The van der Waals surface area contributed by atoms with Crippen LogP contribution in [-0.2, 0) is 16.1 Å². The number of para-hydroxylation sites is 1. The summed E-state index contributed by atoms with van der Waals surface area (Å²) in [5.41, 5.74) is 1.78. The number of benzene rings is 1. The molecule has 0 radical (unpaired) electrons. The number of carbonyl (C=O) groups is 2. The molecule has 0 unspecified atom stereocenters. The number of aromatic nitrogens is 1. The number of hydrogen-bond acceptors (Lipinski definition) is 6. The summed E-state index contributed by atoms with van der Waals surface area (Å²) in [5.74, 6) is 0.381. The highest BCUT2D eigenvalue weighted by molar-refractivity contribution is 7.17. The molecular formula is C19H19N3O3S2. The van der Waals surface area contributed by atoms with E-state index in [1.807, 2.05) is 48.7 Å². The number of rotatable bonds is 7. The molecule has 0 atom stereocenters. The minimum absolute atomic E-state index is 0.0588. The number of hydrogen-bond donors (Lipinski definition) is 2. The molecule has 3 rings (SSSR count). The van der Waals surface area contributed by atoms with Gasteiger partial charge in [0.1, 0.15) is 5.75 Å². The van der Waals surface area contributed by atoms with Crippen molar-refractivity contribution in [2.45, 2.75) is 20.4 Å². The molecule has 0 saturated heterocycles. The Balaban J connectivity index is 1.55. The number of nitrogens with one attached hydrogen (secondary N) is 2. The van der Waals surface area contributed by atoms with Crippen molar-refractivity contribution in [3.63, 3.8) is 0 Å². The fraction of sp³-hybridized carbons (Fsp3) is 0.211. The van der Waals surface area contributed by atoms with Gasteiger partial charge in [0.05, 0.1) is 17.1 Å². The van der Waals surface area contributed by atoms with Gasteiger partial charge in [-0.2, -0.15) is 0 Å². The van der Waals surface area contributed by atoms with Crippen molar-refractivity contribution in [1.29, 1.82) is 0 Å². The number of nitrogens with zero attached hydrogens (tertiary/aromatic N) is 1. The van der Waals surface area contributed by atoms with Gasteiger partial charge in [-0.25, -0.2) is 4.98 Å². The molecule has 2 N–H and O–H groups in total. The van der Waals surface area contributed by atoms with Crippen LogP contribution in [0.4, 0.5) is 5.13 Å². The van der Waals surface area contributed by atoms with Gasteiger partial charge in [-0.05, 0) is 30.7 Å². The Morgan fingerprint density at radius 2 is 2.00 bits per heavy atom. The van der Waals surface area contributed by atoms with Gasteiger partial charge in [0.25, 0.3) is 5.91 Å². The predicted octanol–water partition coefficient (Wildman–Crippen LogP) is 3.83. The lowest BCUT2D eigenvalue weighted by Crippen LogP contribution is -2.20. The third-order valence-corrected chi connectivity index (χ3v) is 5.49. The number of aryl methyl sites for hydroxylation is 1. The lowest BCUT2D eigenvalue weighted by atomic mass is 10.2. The maximum atomic E-state index is 12.1. The third-order valence-electron chi connectivity index (χ3n) is 3.63. The summed E-state index contributed by atoms with van der Waals surface area (Å²) in [6.45, 7) is 3.86. The standard InChI is InChI=1S/C19H19N3O3S2/c1-12-5-3-4-6-16(12)25-10-18(24)22-19-21-15(11-26-19)17-8-7-14(27-17)9-20-13(2)23/h3-8,11H,9-10H2,1-2H3,(H,20,23)(H,21,22,24). The average molecular weight is 402 g/mol. The van der Waals surface area contributed by atoms with E-state index < -0.39 is 0 Å².